The van der Waals surface area contributed by atoms with Gasteiger partial charge in [-0.15, -0.1) is 0 Å². The molecule has 1 atom stereocenters. The molecule has 9 heteroatoms. The van der Waals surface area contributed by atoms with Crippen LogP contribution in [0.3, 0.4) is 0 Å². The maximum atomic E-state index is 13.1. The average molecular weight is 449 g/mol. The highest BCUT2D eigenvalue weighted by molar-refractivity contribution is 7.91. The van der Waals surface area contributed by atoms with Crippen molar-refractivity contribution >= 4 is 21.7 Å². The number of nitrogens with zero attached hydrogens (tertiary/aromatic N) is 1. The molecular formula is C22H25FN2O5S. The maximum Gasteiger partial charge on any atom is 0.258 e. The van der Waals surface area contributed by atoms with Crippen LogP contribution in [0.5, 0.6) is 5.75 Å². The van der Waals surface area contributed by atoms with E-state index in [2.05, 4.69) is 5.32 Å². The van der Waals surface area contributed by atoms with Crippen LogP contribution in [0.25, 0.3) is 0 Å². The number of likely N-dealkylation sites (N-methyl/N-ethyl adjacent to an activating group) is 1. The van der Waals surface area contributed by atoms with E-state index in [-0.39, 0.29) is 36.4 Å². The summed E-state index contributed by atoms with van der Waals surface area (Å²) in [4.78, 5) is 26.8. The predicted octanol–water partition coefficient (Wildman–Crippen LogP) is 2.17. The minimum absolute atomic E-state index is 0.0626. The van der Waals surface area contributed by atoms with Crippen molar-refractivity contribution in [2.75, 3.05) is 24.6 Å². The van der Waals surface area contributed by atoms with Crippen LogP contribution in [0.4, 0.5) is 4.39 Å². The van der Waals surface area contributed by atoms with Gasteiger partial charge in [0.25, 0.3) is 5.91 Å². The number of nitrogens with one attached hydrogen (secondary N) is 1. The second-order valence-electron chi connectivity index (χ2n) is 7.40. The molecule has 2 aromatic carbocycles. The molecule has 2 aromatic rings. The Labute approximate surface area is 181 Å². The fraction of sp³-hybridized carbons (Fsp3) is 0.364. The van der Waals surface area contributed by atoms with Crippen molar-refractivity contribution in [2.45, 2.75) is 26.0 Å². The van der Waals surface area contributed by atoms with Crippen LogP contribution in [-0.4, -0.2) is 55.8 Å². The summed E-state index contributed by atoms with van der Waals surface area (Å²) in [5, 5.41) is 2.70. The van der Waals surface area contributed by atoms with E-state index >= 15 is 0 Å². The van der Waals surface area contributed by atoms with Gasteiger partial charge < -0.3 is 15.0 Å². The molecule has 0 saturated carbocycles. The number of rotatable bonds is 8. The maximum absolute atomic E-state index is 13.1. The largest absolute Gasteiger partial charge is 0.488 e. The number of hydrogen-bond donors (Lipinski definition) is 1. The minimum Gasteiger partial charge on any atom is -0.488 e. The first-order valence-electron chi connectivity index (χ1n) is 10.0. The summed E-state index contributed by atoms with van der Waals surface area (Å²) in [6.45, 7) is 2.03. The molecule has 2 amide bonds. The van der Waals surface area contributed by atoms with Crippen molar-refractivity contribution in [1.82, 2.24) is 10.2 Å². The highest BCUT2D eigenvalue weighted by Gasteiger charge is 2.29. The van der Waals surface area contributed by atoms with E-state index in [0.717, 1.165) is 5.56 Å². The number of sulfone groups is 1. The van der Waals surface area contributed by atoms with E-state index < -0.39 is 21.8 Å². The zero-order valence-corrected chi connectivity index (χ0v) is 18.0. The third-order valence-electron chi connectivity index (χ3n) is 5.03. The van der Waals surface area contributed by atoms with Crippen molar-refractivity contribution in [3.8, 4) is 5.75 Å². The topological polar surface area (TPSA) is 92.8 Å². The fourth-order valence-corrected chi connectivity index (χ4v) is 5.04. The molecule has 1 heterocycles. The summed E-state index contributed by atoms with van der Waals surface area (Å²) >= 11 is 0. The Hall–Kier alpha value is -2.94. The van der Waals surface area contributed by atoms with Gasteiger partial charge in [0.05, 0.1) is 23.6 Å². The summed E-state index contributed by atoms with van der Waals surface area (Å²) < 4.78 is 42.0. The highest BCUT2D eigenvalue weighted by Crippen LogP contribution is 2.21. The molecular weight excluding hydrogens is 423 g/mol. The zero-order valence-electron chi connectivity index (χ0n) is 17.2. The summed E-state index contributed by atoms with van der Waals surface area (Å²) in [6.07, 6.45) is 0.383. The van der Waals surface area contributed by atoms with Gasteiger partial charge in [0.15, 0.2) is 9.84 Å². The van der Waals surface area contributed by atoms with Crippen LogP contribution in [0.15, 0.2) is 48.5 Å². The molecule has 0 bridgehead atoms. The molecule has 3 rings (SSSR count). The van der Waals surface area contributed by atoms with E-state index in [4.69, 9.17) is 4.74 Å². The average Bonchev–Trinajstić information content (AvgIpc) is 3.09. The minimum atomic E-state index is -3.10. The zero-order chi connectivity index (χ0) is 22.4. The molecule has 1 fully saturated rings. The molecule has 1 N–H and O–H groups in total. The van der Waals surface area contributed by atoms with E-state index in [9.17, 15) is 22.4 Å². The number of amides is 2. The van der Waals surface area contributed by atoms with Gasteiger partial charge in [0, 0.05) is 12.6 Å². The molecule has 1 unspecified atom stereocenters. The fourth-order valence-electron chi connectivity index (χ4n) is 3.36. The van der Waals surface area contributed by atoms with Crippen molar-refractivity contribution in [3.05, 3.63) is 65.5 Å². The lowest BCUT2D eigenvalue weighted by Crippen LogP contribution is -2.44. The molecule has 166 valence electrons. The number of carbonyl (C=O) groups excluding carboxylic acids is 2. The highest BCUT2D eigenvalue weighted by atomic mass is 32.2. The first kappa shape index (κ1) is 22.7. The first-order valence-corrected chi connectivity index (χ1v) is 11.8. The summed E-state index contributed by atoms with van der Waals surface area (Å²) in [7, 11) is -3.10. The van der Waals surface area contributed by atoms with Gasteiger partial charge in [-0.1, -0.05) is 24.3 Å². The van der Waals surface area contributed by atoms with Gasteiger partial charge in [0.1, 0.15) is 18.2 Å². The second kappa shape index (κ2) is 9.91. The Bertz CT molecular complexity index is 1040. The number of para-hydroxylation sites is 1. The van der Waals surface area contributed by atoms with E-state index in [0.29, 0.717) is 24.3 Å². The van der Waals surface area contributed by atoms with Gasteiger partial charge in [-0.2, -0.15) is 0 Å². The number of halogens is 1. The number of carbonyl (C=O) groups is 2. The molecule has 1 aliphatic rings. The number of ether oxygens (including phenoxy) is 1. The number of benzene rings is 2. The summed E-state index contributed by atoms with van der Waals surface area (Å²) in [5.74, 6) is -0.760. The van der Waals surface area contributed by atoms with Gasteiger partial charge in [-0.3, -0.25) is 9.59 Å². The third-order valence-corrected chi connectivity index (χ3v) is 6.79. The van der Waals surface area contributed by atoms with Gasteiger partial charge in [-0.25, -0.2) is 12.8 Å². The molecule has 0 radical (unpaired) electrons. The van der Waals surface area contributed by atoms with Gasteiger partial charge >= 0.3 is 0 Å². The summed E-state index contributed by atoms with van der Waals surface area (Å²) in [6, 6.07) is 12.2. The Kier molecular flexibility index (Phi) is 7.27. The lowest BCUT2D eigenvalue weighted by molar-refractivity contribution is -0.122. The molecule has 1 aliphatic heterocycles. The molecule has 0 spiro atoms. The first-order chi connectivity index (χ1) is 14.8. The molecule has 31 heavy (non-hydrogen) atoms. The van der Waals surface area contributed by atoms with Crippen molar-refractivity contribution in [1.29, 1.82) is 0 Å². The third kappa shape index (κ3) is 6.27. The Morgan fingerprint density at radius 2 is 1.87 bits per heavy atom. The van der Waals surface area contributed by atoms with Crippen LogP contribution >= 0.6 is 0 Å². The Morgan fingerprint density at radius 1 is 1.16 bits per heavy atom. The molecule has 1 saturated heterocycles. The monoisotopic (exact) mass is 448 g/mol. The van der Waals surface area contributed by atoms with Gasteiger partial charge in [0.2, 0.25) is 5.91 Å². The SMILES string of the molecule is CCN(CC(=O)NC1CCS(=O)(=O)C1)C(=O)c1ccccc1OCc1ccc(F)cc1. The van der Waals surface area contributed by atoms with E-state index in [1.54, 1.807) is 43.3 Å². The van der Waals surface area contributed by atoms with E-state index in [1.165, 1.54) is 17.0 Å². The van der Waals surface area contributed by atoms with Crippen molar-refractivity contribution < 1.29 is 27.1 Å². The number of hydrogen-bond acceptors (Lipinski definition) is 5. The van der Waals surface area contributed by atoms with E-state index in [1.807, 2.05) is 0 Å². The quantitative estimate of drug-likeness (QED) is 0.668. The summed E-state index contributed by atoms with van der Waals surface area (Å²) in [5.41, 5.74) is 1.06. The van der Waals surface area contributed by atoms with Gasteiger partial charge in [-0.05, 0) is 43.2 Å². The lowest BCUT2D eigenvalue weighted by Gasteiger charge is -2.22. The molecule has 0 aromatic heterocycles. The molecule has 0 aliphatic carbocycles. The standard InChI is InChI=1S/C22H25FN2O5S/c1-2-25(13-21(26)24-18-11-12-31(28,29)15-18)22(27)19-5-3-4-6-20(19)30-14-16-7-9-17(23)10-8-16/h3-10,18H,2,11-15H2,1H3,(H,24,26). The van der Waals surface area contributed by atoms with Crippen LogP contribution < -0.4 is 10.1 Å². The van der Waals surface area contributed by atoms with Crippen LogP contribution in [0, 0.1) is 5.82 Å². The van der Waals surface area contributed by atoms with Crippen LogP contribution in [0.1, 0.15) is 29.3 Å². The van der Waals surface area contributed by atoms with Crippen LogP contribution in [0.2, 0.25) is 0 Å². The normalized spacial score (nSPS) is 17.2. The predicted molar refractivity (Wildman–Crippen MR) is 114 cm³/mol. The van der Waals surface area contributed by atoms with Crippen molar-refractivity contribution in [2.24, 2.45) is 0 Å². The second-order valence-corrected chi connectivity index (χ2v) is 9.63. The Morgan fingerprint density at radius 3 is 2.52 bits per heavy atom. The Balaban J connectivity index is 1.64. The lowest BCUT2D eigenvalue weighted by atomic mass is 10.1. The van der Waals surface area contributed by atoms with Crippen LogP contribution in [-0.2, 0) is 21.2 Å². The smallest absolute Gasteiger partial charge is 0.258 e. The molecule has 7 nitrogen and oxygen atoms in total. The van der Waals surface area contributed by atoms with Crippen molar-refractivity contribution in [3.63, 3.8) is 0 Å².